The summed E-state index contributed by atoms with van der Waals surface area (Å²) in [5.41, 5.74) is 5.93. The van der Waals surface area contributed by atoms with Crippen molar-refractivity contribution in [3.63, 3.8) is 0 Å². The van der Waals surface area contributed by atoms with Crippen molar-refractivity contribution in [3.8, 4) is 0 Å². The van der Waals surface area contributed by atoms with Gasteiger partial charge in [0.2, 0.25) is 0 Å². The van der Waals surface area contributed by atoms with Gasteiger partial charge in [-0.05, 0) is 67.7 Å². The van der Waals surface area contributed by atoms with Gasteiger partial charge in [0.15, 0.2) is 0 Å². The molecule has 1 saturated heterocycles. The molecule has 1 aliphatic rings. The Bertz CT molecular complexity index is 364. The first-order valence-corrected chi connectivity index (χ1v) is 7.13. The van der Waals surface area contributed by atoms with Crippen LogP contribution in [0.15, 0.2) is 21.2 Å². The third-order valence-corrected chi connectivity index (χ3v) is 4.33. The number of halogens is 1. The van der Waals surface area contributed by atoms with Crippen molar-refractivity contribution >= 4 is 15.9 Å². The van der Waals surface area contributed by atoms with E-state index in [9.17, 15) is 0 Å². The Balaban J connectivity index is 2.32. The van der Waals surface area contributed by atoms with Crippen LogP contribution in [0, 0.1) is 5.92 Å². The Morgan fingerprint density at radius 2 is 2.35 bits per heavy atom. The van der Waals surface area contributed by atoms with E-state index in [4.69, 9.17) is 10.2 Å². The summed E-state index contributed by atoms with van der Waals surface area (Å²) in [6.45, 7) is 6.33. The van der Waals surface area contributed by atoms with Crippen molar-refractivity contribution in [2.75, 3.05) is 13.1 Å². The van der Waals surface area contributed by atoms with Gasteiger partial charge in [-0.1, -0.05) is 0 Å². The standard InChI is InChI=1S/C13H21BrN2O/c1-9(2)16-6-3-4-10(8-15)12(16)13-11(14)5-7-17-13/h5,7,9-10,12H,3-4,6,8,15H2,1-2H3. The summed E-state index contributed by atoms with van der Waals surface area (Å²) in [7, 11) is 0. The Hall–Kier alpha value is -0.320. The Kier molecular flexibility index (Phi) is 4.28. The van der Waals surface area contributed by atoms with Gasteiger partial charge in [0, 0.05) is 6.04 Å². The van der Waals surface area contributed by atoms with Crippen LogP contribution in [0.25, 0.3) is 0 Å². The van der Waals surface area contributed by atoms with Gasteiger partial charge in [-0.25, -0.2) is 0 Å². The molecule has 0 aromatic carbocycles. The average Bonchev–Trinajstić information content (AvgIpc) is 2.74. The number of nitrogens with two attached hydrogens (primary N) is 1. The summed E-state index contributed by atoms with van der Waals surface area (Å²) < 4.78 is 6.74. The lowest BCUT2D eigenvalue weighted by atomic mass is 9.86. The van der Waals surface area contributed by atoms with Crippen LogP contribution in [0.3, 0.4) is 0 Å². The molecule has 1 fully saturated rings. The molecule has 2 N–H and O–H groups in total. The molecule has 0 saturated carbocycles. The summed E-state index contributed by atoms with van der Waals surface area (Å²) in [6.07, 6.45) is 4.17. The fourth-order valence-electron chi connectivity index (χ4n) is 2.81. The van der Waals surface area contributed by atoms with E-state index in [1.54, 1.807) is 6.26 Å². The van der Waals surface area contributed by atoms with Gasteiger partial charge in [-0.15, -0.1) is 0 Å². The topological polar surface area (TPSA) is 42.4 Å². The van der Waals surface area contributed by atoms with Crippen LogP contribution in [-0.4, -0.2) is 24.0 Å². The molecule has 0 radical (unpaired) electrons. The molecule has 0 spiro atoms. The van der Waals surface area contributed by atoms with Crippen molar-refractivity contribution in [3.05, 3.63) is 22.6 Å². The van der Waals surface area contributed by atoms with Crippen LogP contribution < -0.4 is 5.73 Å². The first-order chi connectivity index (χ1) is 8.15. The number of nitrogens with zero attached hydrogens (tertiary/aromatic N) is 1. The Morgan fingerprint density at radius 3 is 2.88 bits per heavy atom. The van der Waals surface area contributed by atoms with E-state index in [0.29, 0.717) is 18.0 Å². The maximum Gasteiger partial charge on any atom is 0.135 e. The highest BCUT2D eigenvalue weighted by molar-refractivity contribution is 9.10. The second-order valence-corrected chi connectivity index (χ2v) is 5.90. The number of hydrogen-bond donors (Lipinski definition) is 1. The molecule has 3 nitrogen and oxygen atoms in total. The Labute approximate surface area is 111 Å². The van der Waals surface area contributed by atoms with Crippen molar-refractivity contribution in [1.82, 2.24) is 4.90 Å². The molecule has 0 amide bonds. The molecule has 1 aromatic heterocycles. The highest BCUT2D eigenvalue weighted by atomic mass is 79.9. The van der Waals surface area contributed by atoms with Crippen molar-refractivity contribution in [1.29, 1.82) is 0 Å². The SMILES string of the molecule is CC(C)N1CCCC(CN)C1c1occc1Br. The zero-order valence-electron chi connectivity index (χ0n) is 10.5. The molecule has 96 valence electrons. The first kappa shape index (κ1) is 13.1. The second-order valence-electron chi connectivity index (χ2n) is 5.05. The van der Waals surface area contributed by atoms with Crippen LogP contribution in [0.5, 0.6) is 0 Å². The molecule has 2 atom stereocenters. The molecule has 1 aromatic rings. The number of rotatable bonds is 3. The maximum atomic E-state index is 5.93. The monoisotopic (exact) mass is 300 g/mol. The fourth-order valence-corrected chi connectivity index (χ4v) is 3.25. The average molecular weight is 301 g/mol. The lowest BCUT2D eigenvalue weighted by Crippen LogP contribution is -2.44. The normalized spacial score (nSPS) is 26.6. The first-order valence-electron chi connectivity index (χ1n) is 6.33. The van der Waals surface area contributed by atoms with Crippen LogP contribution >= 0.6 is 15.9 Å². The molecule has 2 unspecified atom stereocenters. The molecule has 2 heterocycles. The van der Waals surface area contributed by atoms with E-state index in [2.05, 4.69) is 34.7 Å². The van der Waals surface area contributed by atoms with Crippen LogP contribution in [-0.2, 0) is 0 Å². The summed E-state index contributed by atoms with van der Waals surface area (Å²) in [4.78, 5) is 2.50. The molecule has 0 bridgehead atoms. The van der Waals surface area contributed by atoms with E-state index >= 15 is 0 Å². The summed E-state index contributed by atoms with van der Waals surface area (Å²) in [6, 6.07) is 2.81. The number of piperidine rings is 1. The van der Waals surface area contributed by atoms with Gasteiger partial charge in [0.1, 0.15) is 5.76 Å². The minimum absolute atomic E-state index is 0.318. The predicted octanol–water partition coefficient (Wildman–Crippen LogP) is 3.16. The fraction of sp³-hybridized carbons (Fsp3) is 0.692. The third kappa shape index (κ3) is 2.59. The third-order valence-electron chi connectivity index (χ3n) is 3.67. The number of likely N-dealkylation sites (tertiary alicyclic amines) is 1. The van der Waals surface area contributed by atoms with E-state index < -0.39 is 0 Å². The lowest BCUT2D eigenvalue weighted by Gasteiger charge is -2.42. The highest BCUT2D eigenvalue weighted by Gasteiger charge is 2.36. The second kappa shape index (κ2) is 5.55. The van der Waals surface area contributed by atoms with Crippen molar-refractivity contribution in [2.45, 2.75) is 38.8 Å². The minimum Gasteiger partial charge on any atom is -0.466 e. The number of hydrogen-bond acceptors (Lipinski definition) is 3. The van der Waals surface area contributed by atoms with Crippen LogP contribution in [0.2, 0.25) is 0 Å². The molecular weight excluding hydrogens is 280 g/mol. The smallest absolute Gasteiger partial charge is 0.135 e. The van der Waals surface area contributed by atoms with Crippen LogP contribution in [0.1, 0.15) is 38.5 Å². The number of furan rings is 1. The van der Waals surface area contributed by atoms with Gasteiger partial charge in [0.25, 0.3) is 0 Å². The predicted molar refractivity (Wildman–Crippen MR) is 72.8 cm³/mol. The van der Waals surface area contributed by atoms with E-state index in [1.165, 1.54) is 12.8 Å². The van der Waals surface area contributed by atoms with Gasteiger partial charge in [-0.3, -0.25) is 4.90 Å². The summed E-state index contributed by atoms with van der Waals surface area (Å²) in [5.74, 6) is 1.53. The molecule has 17 heavy (non-hydrogen) atoms. The summed E-state index contributed by atoms with van der Waals surface area (Å²) in [5, 5.41) is 0. The highest BCUT2D eigenvalue weighted by Crippen LogP contribution is 2.40. The minimum atomic E-state index is 0.318. The Morgan fingerprint density at radius 1 is 1.59 bits per heavy atom. The molecule has 2 rings (SSSR count). The largest absolute Gasteiger partial charge is 0.466 e. The van der Waals surface area contributed by atoms with Gasteiger partial charge in [-0.2, -0.15) is 0 Å². The molecule has 4 heteroatoms. The van der Waals surface area contributed by atoms with E-state index in [-0.39, 0.29) is 0 Å². The zero-order chi connectivity index (χ0) is 12.4. The quantitative estimate of drug-likeness (QED) is 0.932. The molecular formula is C13H21BrN2O. The van der Waals surface area contributed by atoms with E-state index in [0.717, 1.165) is 23.3 Å². The van der Waals surface area contributed by atoms with Gasteiger partial charge < -0.3 is 10.2 Å². The van der Waals surface area contributed by atoms with Gasteiger partial charge >= 0.3 is 0 Å². The zero-order valence-corrected chi connectivity index (χ0v) is 12.1. The maximum absolute atomic E-state index is 5.93. The van der Waals surface area contributed by atoms with Crippen molar-refractivity contribution in [2.24, 2.45) is 11.7 Å². The van der Waals surface area contributed by atoms with Gasteiger partial charge in [0.05, 0.1) is 16.8 Å². The summed E-state index contributed by atoms with van der Waals surface area (Å²) >= 11 is 3.57. The van der Waals surface area contributed by atoms with Crippen molar-refractivity contribution < 1.29 is 4.42 Å². The molecule has 1 aliphatic heterocycles. The lowest BCUT2D eigenvalue weighted by molar-refractivity contribution is 0.0518. The van der Waals surface area contributed by atoms with E-state index in [1.807, 2.05) is 6.07 Å². The molecule has 0 aliphatic carbocycles. The van der Waals surface area contributed by atoms with Crippen LogP contribution in [0.4, 0.5) is 0 Å².